The van der Waals surface area contributed by atoms with Crippen LogP contribution in [0.5, 0.6) is 5.75 Å². The highest BCUT2D eigenvalue weighted by Gasteiger charge is 2.43. The van der Waals surface area contributed by atoms with E-state index in [-0.39, 0.29) is 29.4 Å². The molecule has 3 aromatic rings. The van der Waals surface area contributed by atoms with E-state index in [2.05, 4.69) is 44.1 Å². The molecule has 0 unspecified atom stereocenters. The molecule has 7 atom stereocenters. The molecule has 5 rings (SSSR count). The number of ether oxygens (including phenoxy) is 1. The van der Waals surface area contributed by atoms with E-state index < -0.39 is 177 Å². The number of benzene rings is 3. The second kappa shape index (κ2) is 35.3. The number of hydrogen-bond donors (Lipinski definition) is 14. The number of carbonyl (C=O) groups excluding carboxylic acids is 13. The largest absolute Gasteiger partial charge is 0.508 e. The lowest BCUT2D eigenvalue weighted by Crippen LogP contribution is -2.64. The van der Waals surface area contributed by atoms with E-state index in [0.29, 0.717) is 12.8 Å². The summed E-state index contributed by atoms with van der Waals surface area (Å²) in [5.41, 5.74) is 20.0. The molecule has 2 aliphatic rings. The van der Waals surface area contributed by atoms with Gasteiger partial charge in [0.15, 0.2) is 0 Å². The van der Waals surface area contributed by atoms with Gasteiger partial charge in [-0.25, -0.2) is 4.79 Å². The Labute approximate surface area is 513 Å². The second-order valence-electron chi connectivity index (χ2n) is 21.6. The first-order valence-electron chi connectivity index (χ1n) is 29.4. The van der Waals surface area contributed by atoms with E-state index in [1.165, 1.54) is 24.3 Å². The molecule has 13 amide bonds. The number of nitrogens with one attached hydrogen (secondary N) is 8. The molecule has 0 bridgehead atoms. The third kappa shape index (κ3) is 21.7. The van der Waals surface area contributed by atoms with Gasteiger partial charge in [-0.2, -0.15) is 0 Å². The van der Waals surface area contributed by atoms with E-state index in [1.807, 2.05) is 53.8 Å². The van der Waals surface area contributed by atoms with Gasteiger partial charge in [0.05, 0.1) is 45.4 Å². The summed E-state index contributed by atoms with van der Waals surface area (Å²) in [6.07, 6.45) is 3.52. The Bertz CT molecular complexity index is 2990. The number of phenols is 1. The zero-order valence-electron chi connectivity index (χ0n) is 49.4. The fourth-order valence-corrected chi connectivity index (χ4v) is 10.2. The smallest absolute Gasteiger partial charge is 0.407 e. The van der Waals surface area contributed by atoms with Gasteiger partial charge in [0.25, 0.3) is 5.91 Å². The zero-order valence-corrected chi connectivity index (χ0v) is 49.4. The minimum atomic E-state index is -2.50. The van der Waals surface area contributed by atoms with Crippen molar-refractivity contribution < 1.29 is 82.4 Å². The van der Waals surface area contributed by atoms with Gasteiger partial charge >= 0.3 is 6.09 Å². The number of carbonyl (C=O) groups is 13. The van der Waals surface area contributed by atoms with Crippen LogP contribution in [0.15, 0.2) is 72.8 Å². The highest BCUT2D eigenvalue weighted by molar-refractivity contribution is 6.07. The van der Waals surface area contributed by atoms with Crippen molar-refractivity contribution >= 4 is 77.0 Å². The Kier molecular flexibility index (Phi) is 27.9. The summed E-state index contributed by atoms with van der Waals surface area (Å²) < 4.78 is 5.73. The van der Waals surface area contributed by atoms with Crippen molar-refractivity contribution in [3.8, 4) is 16.9 Å². The van der Waals surface area contributed by atoms with Gasteiger partial charge in [0, 0.05) is 18.9 Å². The van der Waals surface area contributed by atoms with Crippen LogP contribution in [0.3, 0.4) is 0 Å². The number of unbranched alkanes of at least 4 members (excludes halogenated alkanes) is 9. The Balaban J connectivity index is 1.57. The van der Waals surface area contributed by atoms with Gasteiger partial charge in [-0.3, -0.25) is 62.4 Å². The molecule has 29 heteroatoms. The number of aliphatic hydroxyl groups excluding tert-OH is 2. The van der Waals surface area contributed by atoms with Crippen LogP contribution < -0.4 is 59.7 Å². The highest BCUT2D eigenvalue weighted by Crippen LogP contribution is 2.44. The average Bonchev–Trinajstić information content (AvgIpc) is 1.67. The lowest BCUT2D eigenvalue weighted by molar-refractivity contribution is -0.157. The summed E-state index contributed by atoms with van der Waals surface area (Å²) in [7, 11) is 0. The Hall–Kier alpha value is -9.51. The second-order valence-corrected chi connectivity index (χ2v) is 21.6. The lowest BCUT2D eigenvalue weighted by atomic mass is 9.98. The molecule has 1 heterocycles. The van der Waals surface area contributed by atoms with E-state index in [9.17, 15) is 68.1 Å². The van der Waals surface area contributed by atoms with Crippen LogP contribution >= 0.6 is 0 Å². The molecule has 0 radical (unpaired) electrons. The first kappa shape index (κ1) is 70.3. The normalized spacial score (nSPS) is 19.9. The molecule has 89 heavy (non-hydrogen) atoms. The zero-order chi connectivity index (χ0) is 65.2. The minimum absolute atomic E-state index is 0.0358. The molecule has 1 aliphatic carbocycles. The number of alkyl carbamates (subject to hydrolysis) is 1. The molecule has 1 saturated heterocycles. The number of imide groups is 1. The summed E-state index contributed by atoms with van der Waals surface area (Å²) in [4.78, 5) is 179. The van der Waals surface area contributed by atoms with Gasteiger partial charge in [0.1, 0.15) is 54.6 Å². The number of rotatable bonds is 27. The first-order valence-corrected chi connectivity index (χ1v) is 29.4. The maximum Gasteiger partial charge on any atom is 0.407 e. The third-order valence-corrected chi connectivity index (χ3v) is 14.8. The third-order valence-electron chi connectivity index (χ3n) is 14.8. The van der Waals surface area contributed by atoms with Crippen LogP contribution in [0, 0.1) is 0 Å². The number of amides is 13. The average molecular weight is 1240 g/mol. The molecule has 1 fully saturated rings. The number of nitrogens with two attached hydrogens (primary N) is 3. The predicted octanol–water partition coefficient (Wildman–Crippen LogP) is -1.84. The van der Waals surface area contributed by atoms with Crippen molar-refractivity contribution in [2.45, 2.75) is 151 Å². The van der Waals surface area contributed by atoms with Gasteiger partial charge < -0.3 is 79.8 Å². The molecule has 17 N–H and O–H groups in total. The van der Waals surface area contributed by atoms with Crippen LogP contribution in [-0.2, 0) is 68.7 Å². The molecule has 0 spiro atoms. The van der Waals surface area contributed by atoms with Gasteiger partial charge in [-0.15, -0.1) is 0 Å². The van der Waals surface area contributed by atoms with Crippen LogP contribution in [0.25, 0.3) is 11.1 Å². The Morgan fingerprint density at radius 1 is 0.596 bits per heavy atom. The Morgan fingerprint density at radius 2 is 1.09 bits per heavy atom. The fourth-order valence-electron chi connectivity index (χ4n) is 10.2. The van der Waals surface area contributed by atoms with Crippen molar-refractivity contribution in [1.29, 1.82) is 0 Å². The lowest BCUT2D eigenvalue weighted by Gasteiger charge is -2.33. The van der Waals surface area contributed by atoms with E-state index >= 15 is 9.59 Å². The number of phenolic OH excluding ortho intramolecular Hbond substituents is 1. The van der Waals surface area contributed by atoms with Crippen LogP contribution in [0.1, 0.15) is 119 Å². The molecular formula is C60H80N12O17. The predicted molar refractivity (Wildman–Crippen MR) is 317 cm³/mol. The SMILES string of the molecule is CCCCCCCCCCCCNC(=O)[C@H](CC(=O)N1C(=O)[C@H](CC(N)=O)NC(=O)[C@H](CO)NC(=O)[C@H](CC(N)=O)NC(=O)CNC(=O)[C@H](CC(N)=O)NC(=O)[C@H](Cc2ccc(O)cc2)NC(=O)[C@@H]1CO)NC(=O)OCC1c2ccccc2-c2ccccc21. The fraction of sp³-hybridized carbons (Fsp3) is 0.483. The molecule has 0 aromatic heterocycles. The molecule has 0 saturated carbocycles. The van der Waals surface area contributed by atoms with E-state index in [0.717, 1.165) is 73.6 Å². The van der Waals surface area contributed by atoms with Crippen molar-refractivity contribution in [2.24, 2.45) is 17.2 Å². The number of aromatic hydroxyl groups is 1. The number of primary amides is 3. The molecule has 1 aliphatic heterocycles. The Morgan fingerprint density at radius 3 is 1.65 bits per heavy atom. The maximum absolute atomic E-state index is 15.2. The molecule has 3 aromatic carbocycles. The van der Waals surface area contributed by atoms with Crippen LogP contribution in [0.4, 0.5) is 4.79 Å². The number of fused-ring (bicyclic) bond motifs is 3. The number of aliphatic hydroxyl groups is 2. The van der Waals surface area contributed by atoms with Gasteiger partial charge in [-0.05, 0) is 46.4 Å². The topological polar surface area (TPSA) is 469 Å². The van der Waals surface area contributed by atoms with Crippen molar-refractivity contribution in [1.82, 2.24) is 47.4 Å². The van der Waals surface area contributed by atoms with Gasteiger partial charge in [0.2, 0.25) is 65.0 Å². The molecule has 482 valence electrons. The molecule has 29 nitrogen and oxygen atoms in total. The molecular weight excluding hydrogens is 1160 g/mol. The van der Waals surface area contributed by atoms with Crippen molar-refractivity contribution in [3.63, 3.8) is 0 Å². The summed E-state index contributed by atoms with van der Waals surface area (Å²) in [5.74, 6) is -16.8. The van der Waals surface area contributed by atoms with E-state index in [4.69, 9.17) is 21.9 Å². The van der Waals surface area contributed by atoms with Crippen molar-refractivity contribution in [2.75, 3.05) is 32.9 Å². The number of hydrogen-bond acceptors (Lipinski definition) is 17. The van der Waals surface area contributed by atoms with Crippen LogP contribution in [0.2, 0.25) is 0 Å². The summed E-state index contributed by atoms with van der Waals surface area (Å²) >= 11 is 0. The van der Waals surface area contributed by atoms with Crippen LogP contribution in [-0.4, -0.2) is 172 Å². The standard InChI is InChI=1S/C60H80N12O17/c1-2-3-4-5-6-7-8-9-10-15-24-64-53(81)44(71-60(88)89-33-40-38-18-13-11-16-36(38)37-17-12-14-19-39(37)40)29-52(80)72-47(32-74)58(86)68-41(25-34-20-22-35(75)23-21-34)55(83)67-42(26-48(61)76)54(82)65-30-51(79)66-43(27-49(62)77)56(84)70-46(31-73)57(85)69-45(59(72)87)28-50(63)78/h11-14,16-23,40-47,73-75H,2-10,15,24-33H2,1H3,(H2,61,76)(H2,62,77)(H2,63,78)(H,64,81)(H,65,82)(H,66,79)(H,67,83)(H,68,86)(H,69,85)(H,70,84)(H,71,88)/t41-,42-,43-,44-,45-,46-,47-/m0/s1. The monoisotopic (exact) mass is 1240 g/mol. The number of nitrogens with zero attached hydrogens (tertiary/aromatic N) is 1. The maximum atomic E-state index is 15.2. The highest BCUT2D eigenvalue weighted by atomic mass is 16.5. The summed E-state index contributed by atoms with van der Waals surface area (Å²) in [6, 6.07) is 5.23. The summed E-state index contributed by atoms with van der Waals surface area (Å²) in [6.45, 7) is -1.92. The quantitative estimate of drug-likeness (QED) is 0.0373. The van der Waals surface area contributed by atoms with E-state index in [1.54, 1.807) is 0 Å². The summed E-state index contributed by atoms with van der Waals surface area (Å²) in [5, 5.41) is 49.6. The van der Waals surface area contributed by atoms with Gasteiger partial charge in [-0.1, -0.05) is 125 Å². The van der Waals surface area contributed by atoms with Crippen molar-refractivity contribution in [3.05, 3.63) is 89.5 Å². The first-order chi connectivity index (χ1) is 42.5. The minimum Gasteiger partial charge on any atom is -0.508 e.